The second-order valence-corrected chi connectivity index (χ2v) is 8.56. The molecule has 0 amide bonds. The molecule has 0 aromatic heterocycles. The van der Waals surface area contributed by atoms with Gasteiger partial charge in [0.15, 0.2) is 11.5 Å². The van der Waals surface area contributed by atoms with Gasteiger partial charge in [-0.3, -0.25) is 0 Å². The van der Waals surface area contributed by atoms with E-state index in [9.17, 15) is 5.11 Å². The summed E-state index contributed by atoms with van der Waals surface area (Å²) in [5.41, 5.74) is 5.51. The third kappa shape index (κ3) is 4.53. The number of benzene rings is 3. The number of methoxy groups -OCH3 is 2. The molecule has 0 saturated heterocycles. The van der Waals surface area contributed by atoms with Crippen LogP contribution in [0.25, 0.3) is 11.1 Å². The first-order valence-corrected chi connectivity index (χ1v) is 10.4. The van der Waals surface area contributed by atoms with Gasteiger partial charge >= 0.3 is 0 Å². The fraction of sp³-hybridized carbons (Fsp3) is 0.308. The molecule has 1 unspecified atom stereocenters. The molecule has 1 atom stereocenters. The molecule has 31 heavy (non-hydrogen) atoms. The monoisotopic (exact) mass is 531 g/mol. The average Bonchev–Trinajstić information content (AvgIpc) is 2.80. The number of quaternary nitrogens is 1. The second-order valence-electron chi connectivity index (χ2n) is 8.56. The molecule has 0 aliphatic carbocycles. The van der Waals surface area contributed by atoms with Crippen molar-refractivity contribution in [1.29, 1.82) is 0 Å². The maximum atomic E-state index is 11.2. The molecular weight excluding hydrogens is 501 g/mol. The Bertz CT molecular complexity index is 1050. The van der Waals surface area contributed by atoms with E-state index in [2.05, 4.69) is 56.6 Å². The summed E-state index contributed by atoms with van der Waals surface area (Å²) in [6.45, 7) is 0.991. The molecule has 0 bridgehead atoms. The minimum atomic E-state index is 0. The lowest BCUT2D eigenvalue weighted by molar-refractivity contribution is -0.920. The molecule has 4 nitrogen and oxygen atoms in total. The van der Waals surface area contributed by atoms with Crippen LogP contribution in [0.3, 0.4) is 0 Å². The normalized spacial score (nSPS) is 17.1. The summed E-state index contributed by atoms with van der Waals surface area (Å²) in [7, 11) is 7.87. The van der Waals surface area contributed by atoms with Crippen molar-refractivity contribution < 1.29 is 43.0 Å². The van der Waals surface area contributed by atoms with Crippen LogP contribution in [0.1, 0.15) is 22.7 Å². The van der Waals surface area contributed by atoms with Gasteiger partial charge in [-0.1, -0.05) is 42.5 Å². The zero-order chi connectivity index (χ0) is 21.3. The number of likely N-dealkylation sites (N-methyl/N-ethyl adjacent to an activating group) is 1. The zero-order valence-electron chi connectivity index (χ0n) is 18.6. The van der Waals surface area contributed by atoms with Crippen molar-refractivity contribution in [2.45, 2.75) is 18.9 Å². The van der Waals surface area contributed by atoms with Gasteiger partial charge in [0.05, 0.1) is 34.9 Å². The van der Waals surface area contributed by atoms with Crippen molar-refractivity contribution in [2.75, 3.05) is 34.9 Å². The number of hydrogen-bond donors (Lipinski definition) is 1. The predicted octanol–water partition coefficient (Wildman–Crippen LogP) is 2.00. The van der Waals surface area contributed by atoms with Gasteiger partial charge in [0.2, 0.25) is 0 Å². The largest absolute Gasteiger partial charge is 1.00 e. The fourth-order valence-electron chi connectivity index (χ4n) is 4.60. The SMILES string of the molecule is COc1ccc2c(c1)-c1c(ccc(OC)c1O)CC(c1ccccc1)[N+](C)(C)CC2.[I-]. The molecule has 1 aliphatic heterocycles. The van der Waals surface area contributed by atoms with E-state index in [1.165, 1.54) is 11.1 Å². The third-order valence-corrected chi connectivity index (χ3v) is 6.43. The third-order valence-electron chi connectivity index (χ3n) is 6.43. The van der Waals surface area contributed by atoms with Crippen LogP contribution < -0.4 is 33.5 Å². The van der Waals surface area contributed by atoms with Crippen LogP contribution in [-0.2, 0) is 12.8 Å². The topological polar surface area (TPSA) is 38.7 Å². The molecular formula is C26H30INO3. The quantitative estimate of drug-likeness (QED) is 0.416. The molecule has 5 heteroatoms. The van der Waals surface area contributed by atoms with Crippen LogP contribution in [0.5, 0.6) is 17.2 Å². The van der Waals surface area contributed by atoms with Gasteiger partial charge in [-0.2, -0.15) is 0 Å². The number of aromatic hydroxyl groups is 1. The van der Waals surface area contributed by atoms with Crippen molar-refractivity contribution in [3.8, 4) is 28.4 Å². The molecule has 3 aromatic carbocycles. The Morgan fingerprint density at radius 1 is 0.903 bits per heavy atom. The first-order valence-electron chi connectivity index (χ1n) is 10.4. The summed E-state index contributed by atoms with van der Waals surface area (Å²) in [6.07, 6.45) is 1.73. The zero-order valence-corrected chi connectivity index (χ0v) is 20.7. The lowest BCUT2D eigenvalue weighted by Crippen LogP contribution is -3.00. The minimum Gasteiger partial charge on any atom is -1.00 e. The van der Waals surface area contributed by atoms with E-state index >= 15 is 0 Å². The van der Waals surface area contributed by atoms with E-state index < -0.39 is 0 Å². The number of ether oxygens (including phenoxy) is 2. The number of hydrogen-bond acceptors (Lipinski definition) is 3. The molecule has 3 aromatic rings. The summed E-state index contributed by atoms with van der Waals surface area (Å²) in [5.74, 6) is 1.48. The van der Waals surface area contributed by atoms with E-state index in [1.54, 1.807) is 14.2 Å². The van der Waals surface area contributed by atoms with E-state index in [0.29, 0.717) is 5.75 Å². The number of rotatable bonds is 3. The second kappa shape index (κ2) is 9.49. The number of phenolic OH excluding ortho intramolecular Hbond substituents is 1. The Morgan fingerprint density at radius 2 is 1.61 bits per heavy atom. The lowest BCUT2D eigenvalue weighted by Gasteiger charge is -2.38. The van der Waals surface area contributed by atoms with Crippen molar-refractivity contribution in [3.05, 3.63) is 77.4 Å². The van der Waals surface area contributed by atoms with Crippen LogP contribution in [-0.4, -0.2) is 44.4 Å². The molecule has 4 rings (SSSR count). The van der Waals surface area contributed by atoms with E-state index in [1.807, 2.05) is 18.2 Å². The minimum absolute atomic E-state index is 0. The highest BCUT2D eigenvalue weighted by Gasteiger charge is 2.33. The summed E-state index contributed by atoms with van der Waals surface area (Å²) in [6, 6.07) is 21.1. The average molecular weight is 531 g/mol. The number of nitrogens with zero attached hydrogens (tertiary/aromatic N) is 1. The maximum Gasteiger partial charge on any atom is 0.165 e. The summed E-state index contributed by atoms with van der Waals surface area (Å²) >= 11 is 0. The summed E-state index contributed by atoms with van der Waals surface area (Å²) < 4.78 is 11.8. The Balaban J connectivity index is 0.00000272. The highest BCUT2D eigenvalue weighted by molar-refractivity contribution is 5.80. The van der Waals surface area contributed by atoms with Crippen molar-refractivity contribution >= 4 is 0 Å². The molecule has 0 spiro atoms. The van der Waals surface area contributed by atoms with Crippen LogP contribution in [0.4, 0.5) is 0 Å². The van der Waals surface area contributed by atoms with Crippen LogP contribution in [0.2, 0.25) is 0 Å². The highest BCUT2D eigenvalue weighted by Crippen LogP contribution is 2.45. The predicted molar refractivity (Wildman–Crippen MR) is 120 cm³/mol. The smallest absolute Gasteiger partial charge is 0.165 e. The molecule has 0 saturated carbocycles. The Morgan fingerprint density at radius 3 is 2.29 bits per heavy atom. The molecule has 1 heterocycles. The van der Waals surface area contributed by atoms with Crippen molar-refractivity contribution in [1.82, 2.24) is 0 Å². The van der Waals surface area contributed by atoms with Gasteiger partial charge < -0.3 is 43.0 Å². The number of halogens is 1. The van der Waals surface area contributed by atoms with E-state index in [4.69, 9.17) is 9.47 Å². The summed E-state index contributed by atoms with van der Waals surface area (Å²) in [5, 5.41) is 11.2. The van der Waals surface area contributed by atoms with Crippen LogP contribution in [0.15, 0.2) is 60.7 Å². The van der Waals surface area contributed by atoms with Gasteiger partial charge in [-0.05, 0) is 34.9 Å². The van der Waals surface area contributed by atoms with Crippen LogP contribution >= 0.6 is 0 Å². The van der Waals surface area contributed by atoms with Gasteiger partial charge in [-0.15, -0.1) is 0 Å². The molecule has 1 aliphatic rings. The van der Waals surface area contributed by atoms with Crippen molar-refractivity contribution in [2.24, 2.45) is 0 Å². The van der Waals surface area contributed by atoms with Gasteiger partial charge in [-0.25, -0.2) is 0 Å². The Kier molecular flexibility index (Phi) is 7.17. The van der Waals surface area contributed by atoms with Crippen LogP contribution in [0, 0.1) is 0 Å². The first-order chi connectivity index (χ1) is 14.4. The number of phenols is 1. The first kappa shape index (κ1) is 23.4. The Labute approximate surface area is 202 Å². The maximum absolute atomic E-state index is 11.2. The number of fused-ring (bicyclic) bond motifs is 3. The highest BCUT2D eigenvalue weighted by atomic mass is 127. The standard InChI is InChI=1S/C26H29NO3.HI/c1-27(2)15-14-18-10-12-21(29-3)17-22(18)25-20(11-13-24(30-4)26(25)28)16-23(27)19-8-6-5-7-9-19;/h5-13,17,23H,14-16H2,1-4H3;1H. The van der Waals surface area contributed by atoms with E-state index in [0.717, 1.165) is 46.3 Å². The van der Waals surface area contributed by atoms with Crippen molar-refractivity contribution in [3.63, 3.8) is 0 Å². The molecule has 0 fully saturated rings. The molecule has 0 radical (unpaired) electrons. The fourth-order valence-corrected chi connectivity index (χ4v) is 4.60. The lowest BCUT2D eigenvalue weighted by atomic mass is 9.89. The summed E-state index contributed by atoms with van der Waals surface area (Å²) in [4.78, 5) is 0. The van der Waals surface area contributed by atoms with Gasteiger partial charge in [0.1, 0.15) is 11.8 Å². The molecule has 164 valence electrons. The van der Waals surface area contributed by atoms with Gasteiger partial charge in [0.25, 0.3) is 0 Å². The van der Waals surface area contributed by atoms with E-state index in [-0.39, 0.29) is 35.8 Å². The molecule has 1 N–H and O–H groups in total. The Hall–Kier alpha value is -2.25. The van der Waals surface area contributed by atoms with Gasteiger partial charge in [0, 0.05) is 24.0 Å².